The van der Waals surface area contributed by atoms with E-state index in [1.807, 2.05) is 0 Å². The molecule has 9 nitrogen and oxygen atoms in total. The fourth-order valence-corrected chi connectivity index (χ4v) is 1.71. The SMILES string of the molecule is Cc1noc2ncc(C(=O)NC(CC(N)=O)C(=O)O)cc12. The Morgan fingerprint density at radius 3 is 2.81 bits per heavy atom. The fraction of sp³-hybridized carbons (Fsp3) is 0.250. The van der Waals surface area contributed by atoms with Gasteiger partial charge >= 0.3 is 5.97 Å². The molecule has 0 saturated carbocycles. The maximum absolute atomic E-state index is 12.0. The van der Waals surface area contributed by atoms with Crippen LogP contribution in [0.4, 0.5) is 0 Å². The summed E-state index contributed by atoms with van der Waals surface area (Å²) in [5.74, 6) is -2.86. The van der Waals surface area contributed by atoms with E-state index in [2.05, 4.69) is 15.5 Å². The molecule has 0 spiro atoms. The van der Waals surface area contributed by atoms with E-state index in [1.54, 1.807) is 6.92 Å². The van der Waals surface area contributed by atoms with Crippen molar-refractivity contribution in [1.29, 1.82) is 0 Å². The van der Waals surface area contributed by atoms with Gasteiger partial charge in [-0.1, -0.05) is 5.16 Å². The van der Waals surface area contributed by atoms with Crippen molar-refractivity contribution in [3.8, 4) is 0 Å². The number of nitrogens with one attached hydrogen (secondary N) is 1. The van der Waals surface area contributed by atoms with Crippen LogP contribution in [0.3, 0.4) is 0 Å². The molecule has 4 N–H and O–H groups in total. The molecule has 0 fully saturated rings. The molecular formula is C12H12N4O5. The Morgan fingerprint density at radius 1 is 1.48 bits per heavy atom. The molecule has 110 valence electrons. The zero-order chi connectivity index (χ0) is 15.6. The Balaban J connectivity index is 2.22. The van der Waals surface area contributed by atoms with Crippen LogP contribution in [0, 0.1) is 6.92 Å². The Labute approximate surface area is 118 Å². The number of hydrogen-bond donors (Lipinski definition) is 3. The summed E-state index contributed by atoms with van der Waals surface area (Å²) in [5.41, 5.74) is 5.90. The lowest BCUT2D eigenvalue weighted by molar-refractivity contribution is -0.140. The Bertz CT molecular complexity index is 724. The number of aliphatic carboxylic acids is 1. The maximum Gasteiger partial charge on any atom is 0.326 e. The minimum absolute atomic E-state index is 0.129. The third-order valence-electron chi connectivity index (χ3n) is 2.78. The Kier molecular flexibility index (Phi) is 3.83. The minimum Gasteiger partial charge on any atom is -0.480 e. The van der Waals surface area contributed by atoms with Crippen LogP contribution in [-0.4, -0.2) is 39.1 Å². The number of carboxylic acids is 1. The van der Waals surface area contributed by atoms with Crippen molar-refractivity contribution in [2.75, 3.05) is 0 Å². The summed E-state index contributed by atoms with van der Waals surface area (Å²) in [7, 11) is 0. The van der Waals surface area contributed by atoms with Crippen LogP contribution >= 0.6 is 0 Å². The normalized spacial score (nSPS) is 12.0. The number of amides is 2. The molecule has 1 unspecified atom stereocenters. The first-order valence-electron chi connectivity index (χ1n) is 5.92. The molecule has 2 amide bonds. The van der Waals surface area contributed by atoms with Gasteiger partial charge < -0.3 is 20.7 Å². The van der Waals surface area contributed by atoms with Gasteiger partial charge in [0.25, 0.3) is 11.6 Å². The highest BCUT2D eigenvalue weighted by Crippen LogP contribution is 2.16. The lowest BCUT2D eigenvalue weighted by atomic mass is 10.1. The standard InChI is InChI=1S/C12H12N4O5/c1-5-7-2-6(4-14-11(7)21-16-5)10(18)15-8(12(19)20)3-9(13)17/h2,4,8H,3H2,1H3,(H2,13,17)(H,15,18)(H,19,20). The Morgan fingerprint density at radius 2 is 2.19 bits per heavy atom. The van der Waals surface area contributed by atoms with E-state index in [-0.39, 0.29) is 11.3 Å². The van der Waals surface area contributed by atoms with Gasteiger partial charge in [0.2, 0.25) is 5.91 Å². The van der Waals surface area contributed by atoms with Crippen LogP contribution in [0.1, 0.15) is 22.5 Å². The topological polar surface area (TPSA) is 148 Å². The molecule has 2 heterocycles. The first-order chi connectivity index (χ1) is 9.88. The van der Waals surface area contributed by atoms with Crippen molar-refractivity contribution in [2.24, 2.45) is 5.73 Å². The van der Waals surface area contributed by atoms with Crippen molar-refractivity contribution in [3.05, 3.63) is 23.5 Å². The van der Waals surface area contributed by atoms with Crippen LogP contribution in [-0.2, 0) is 9.59 Å². The number of carbonyl (C=O) groups excluding carboxylic acids is 2. The number of carbonyl (C=O) groups is 3. The highest BCUT2D eigenvalue weighted by molar-refractivity contribution is 5.99. The molecule has 2 aromatic rings. The summed E-state index contributed by atoms with van der Waals surface area (Å²) in [6, 6.07) is 0.0847. The van der Waals surface area contributed by atoms with Crippen LogP contribution in [0.15, 0.2) is 16.8 Å². The highest BCUT2D eigenvalue weighted by Gasteiger charge is 2.23. The van der Waals surface area contributed by atoms with Crippen LogP contribution in [0.2, 0.25) is 0 Å². The summed E-state index contributed by atoms with van der Waals surface area (Å²) in [5, 5.41) is 15.4. The molecule has 0 bridgehead atoms. The summed E-state index contributed by atoms with van der Waals surface area (Å²) < 4.78 is 4.91. The van der Waals surface area contributed by atoms with E-state index in [0.29, 0.717) is 11.1 Å². The van der Waals surface area contributed by atoms with Crippen LogP contribution in [0.25, 0.3) is 11.1 Å². The molecular weight excluding hydrogens is 280 g/mol. The first-order valence-corrected chi connectivity index (χ1v) is 5.92. The lowest BCUT2D eigenvalue weighted by Crippen LogP contribution is -2.43. The molecule has 9 heteroatoms. The number of fused-ring (bicyclic) bond motifs is 1. The smallest absolute Gasteiger partial charge is 0.326 e. The summed E-state index contributed by atoms with van der Waals surface area (Å²) >= 11 is 0. The number of aryl methyl sites for hydroxylation is 1. The third-order valence-corrected chi connectivity index (χ3v) is 2.78. The zero-order valence-electron chi connectivity index (χ0n) is 11.0. The Hall–Kier alpha value is -2.97. The van der Waals surface area contributed by atoms with Crippen molar-refractivity contribution >= 4 is 28.9 Å². The predicted octanol–water partition coefficient (Wildman–Crippen LogP) is -0.410. The summed E-state index contributed by atoms with van der Waals surface area (Å²) in [6.07, 6.45) is 0.731. The van der Waals surface area contributed by atoms with Gasteiger partial charge in [0.15, 0.2) is 0 Å². The molecule has 0 saturated heterocycles. The van der Waals surface area contributed by atoms with Crippen molar-refractivity contribution < 1.29 is 24.0 Å². The van der Waals surface area contributed by atoms with Crippen molar-refractivity contribution in [3.63, 3.8) is 0 Å². The van der Waals surface area contributed by atoms with Crippen LogP contribution in [0.5, 0.6) is 0 Å². The largest absolute Gasteiger partial charge is 0.480 e. The molecule has 0 radical (unpaired) electrons. The van der Waals surface area contributed by atoms with E-state index in [1.165, 1.54) is 12.3 Å². The first kappa shape index (κ1) is 14.4. The third kappa shape index (κ3) is 3.14. The van der Waals surface area contributed by atoms with E-state index < -0.39 is 30.2 Å². The summed E-state index contributed by atoms with van der Waals surface area (Å²) in [4.78, 5) is 37.7. The second-order valence-electron chi connectivity index (χ2n) is 4.38. The highest BCUT2D eigenvalue weighted by atomic mass is 16.5. The van der Waals surface area contributed by atoms with Gasteiger partial charge in [0.05, 0.1) is 23.1 Å². The van der Waals surface area contributed by atoms with Gasteiger partial charge in [-0.3, -0.25) is 9.59 Å². The number of nitrogens with zero attached hydrogens (tertiary/aromatic N) is 2. The lowest BCUT2D eigenvalue weighted by Gasteiger charge is -2.12. The number of aromatic nitrogens is 2. The quantitative estimate of drug-likeness (QED) is 0.678. The predicted molar refractivity (Wildman–Crippen MR) is 69.2 cm³/mol. The number of primary amides is 1. The number of pyridine rings is 1. The second kappa shape index (κ2) is 5.57. The molecule has 0 aliphatic carbocycles. The van der Waals surface area contributed by atoms with Crippen molar-refractivity contribution in [1.82, 2.24) is 15.5 Å². The van der Waals surface area contributed by atoms with E-state index >= 15 is 0 Å². The molecule has 2 aromatic heterocycles. The molecule has 0 aliphatic rings. The second-order valence-corrected chi connectivity index (χ2v) is 4.38. The number of hydrogen-bond acceptors (Lipinski definition) is 6. The van der Waals surface area contributed by atoms with E-state index in [0.717, 1.165) is 0 Å². The van der Waals surface area contributed by atoms with Gasteiger partial charge in [0.1, 0.15) is 6.04 Å². The van der Waals surface area contributed by atoms with Gasteiger partial charge in [-0.05, 0) is 13.0 Å². The van der Waals surface area contributed by atoms with Gasteiger partial charge in [0, 0.05) is 6.20 Å². The molecule has 2 rings (SSSR count). The van der Waals surface area contributed by atoms with E-state index in [9.17, 15) is 14.4 Å². The molecule has 21 heavy (non-hydrogen) atoms. The van der Waals surface area contributed by atoms with Gasteiger partial charge in [-0.25, -0.2) is 9.78 Å². The number of rotatable bonds is 5. The number of nitrogens with two attached hydrogens (primary N) is 1. The molecule has 1 atom stereocenters. The molecule has 0 aliphatic heterocycles. The van der Waals surface area contributed by atoms with E-state index in [4.69, 9.17) is 15.4 Å². The average molecular weight is 292 g/mol. The number of carboxylic acid groups (broad SMARTS) is 1. The zero-order valence-corrected chi connectivity index (χ0v) is 11.0. The van der Waals surface area contributed by atoms with Crippen molar-refractivity contribution in [2.45, 2.75) is 19.4 Å². The van der Waals surface area contributed by atoms with Gasteiger partial charge in [-0.2, -0.15) is 0 Å². The summed E-state index contributed by atoms with van der Waals surface area (Å²) in [6.45, 7) is 1.68. The maximum atomic E-state index is 12.0. The molecule has 0 aromatic carbocycles. The monoisotopic (exact) mass is 292 g/mol. The fourth-order valence-electron chi connectivity index (χ4n) is 1.71. The average Bonchev–Trinajstić information content (AvgIpc) is 2.78. The van der Waals surface area contributed by atoms with Gasteiger partial charge in [-0.15, -0.1) is 0 Å². The van der Waals surface area contributed by atoms with Crippen LogP contribution < -0.4 is 11.1 Å². The minimum atomic E-state index is -1.39.